The predicted octanol–water partition coefficient (Wildman–Crippen LogP) is 0.875. The highest BCUT2D eigenvalue weighted by Crippen LogP contribution is 1.78. The van der Waals surface area contributed by atoms with Gasteiger partial charge in [0.25, 0.3) is 0 Å². The van der Waals surface area contributed by atoms with Crippen LogP contribution < -0.4 is 0 Å². The summed E-state index contributed by atoms with van der Waals surface area (Å²) in [6, 6.07) is 2.28. The summed E-state index contributed by atoms with van der Waals surface area (Å²) >= 11 is 0. The van der Waals surface area contributed by atoms with E-state index in [9.17, 15) is 0 Å². The molecule has 0 heterocycles. The molecule has 7 heavy (non-hydrogen) atoms. The van der Waals surface area contributed by atoms with Gasteiger partial charge in [0.2, 0.25) is 0 Å². The van der Waals surface area contributed by atoms with E-state index in [-0.39, 0.29) is 0 Å². The Morgan fingerprint density at radius 3 is 1.86 bits per heavy atom. The van der Waals surface area contributed by atoms with Crippen molar-refractivity contribution >= 4 is 0 Å². The van der Waals surface area contributed by atoms with E-state index in [1.165, 1.54) is 0 Å². The number of rotatable bonds is 2. The SMILES string of the molecule is [C]#CN(CC)CC. The highest BCUT2D eigenvalue weighted by Gasteiger charge is 1.84. The Morgan fingerprint density at radius 2 is 1.86 bits per heavy atom. The average molecular weight is 96.2 g/mol. The normalized spacial score (nSPS) is 7.57. The van der Waals surface area contributed by atoms with Gasteiger partial charge in [-0.3, -0.25) is 0 Å². The second-order valence-corrected chi connectivity index (χ2v) is 1.28. The smallest absolute Gasteiger partial charge is 0.0232 e. The summed E-state index contributed by atoms with van der Waals surface area (Å²) < 4.78 is 0. The Labute approximate surface area is 45.3 Å². The van der Waals surface area contributed by atoms with Gasteiger partial charge in [0, 0.05) is 25.6 Å². The number of nitrogens with zero attached hydrogens (tertiary/aromatic N) is 1. The van der Waals surface area contributed by atoms with Crippen LogP contribution in [0.5, 0.6) is 0 Å². The highest BCUT2D eigenvalue weighted by atomic mass is 15.1. The van der Waals surface area contributed by atoms with Gasteiger partial charge in [-0.15, -0.1) is 0 Å². The molecule has 0 atom stereocenters. The summed E-state index contributed by atoms with van der Waals surface area (Å²) in [7, 11) is 0. The molecule has 1 nitrogen and oxygen atoms in total. The van der Waals surface area contributed by atoms with Crippen LogP contribution in [0.3, 0.4) is 0 Å². The van der Waals surface area contributed by atoms with E-state index < -0.39 is 0 Å². The second-order valence-electron chi connectivity index (χ2n) is 1.28. The molecule has 0 rings (SSSR count). The summed E-state index contributed by atoms with van der Waals surface area (Å²) in [4.78, 5) is 1.79. The number of hydrogen-bond acceptors (Lipinski definition) is 1. The fourth-order valence-electron chi connectivity index (χ4n) is 0.382. The van der Waals surface area contributed by atoms with Crippen LogP contribution in [0.25, 0.3) is 0 Å². The van der Waals surface area contributed by atoms with Crippen molar-refractivity contribution in [3.05, 3.63) is 6.42 Å². The molecule has 0 unspecified atom stereocenters. The van der Waals surface area contributed by atoms with E-state index in [2.05, 4.69) is 6.04 Å². The first-order valence-electron chi connectivity index (χ1n) is 2.52. The molecule has 0 aromatic heterocycles. The molecule has 0 aromatic rings. The monoisotopic (exact) mass is 96.1 g/mol. The third kappa shape index (κ3) is 2.11. The summed E-state index contributed by atoms with van der Waals surface area (Å²) in [6.07, 6.45) is 6.64. The zero-order chi connectivity index (χ0) is 5.70. The third-order valence-corrected chi connectivity index (χ3v) is 0.922. The van der Waals surface area contributed by atoms with Gasteiger partial charge >= 0.3 is 0 Å². The Morgan fingerprint density at radius 1 is 1.43 bits per heavy atom. The minimum Gasteiger partial charge on any atom is -0.332 e. The second kappa shape index (κ2) is 3.55. The molecule has 0 aliphatic rings. The van der Waals surface area contributed by atoms with Gasteiger partial charge in [-0.05, 0) is 13.8 Å². The average Bonchev–Trinajstić information content (AvgIpc) is 1.72. The van der Waals surface area contributed by atoms with E-state index in [0.717, 1.165) is 13.1 Å². The van der Waals surface area contributed by atoms with E-state index >= 15 is 0 Å². The van der Waals surface area contributed by atoms with Gasteiger partial charge in [0.1, 0.15) is 0 Å². The van der Waals surface area contributed by atoms with E-state index in [1.54, 1.807) is 4.90 Å². The topological polar surface area (TPSA) is 3.24 Å². The molecule has 0 bridgehead atoms. The van der Waals surface area contributed by atoms with Crippen molar-refractivity contribution in [3.8, 4) is 6.04 Å². The molecular weight excluding hydrogens is 86.1 g/mol. The Balaban J connectivity index is 3.23. The number of hydrogen-bond donors (Lipinski definition) is 0. The van der Waals surface area contributed by atoms with Crippen molar-refractivity contribution < 1.29 is 0 Å². The maximum Gasteiger partial charge on any atom is 0.0232 e. The minimum atomic E-state index is 0.889. The summed E-state index contributed by atoms with van der Waals surface area (Å²) in [5.41, 5.74) is 0. The summed E-state index contributed by atoms with van der Waals surface area (Å²) in [6.45, 7) is 5.79. The molecule has 0 saturated heterocycles. The van der Waals surface area contributed by atoms with E-state index in [1.807, 2.05) is 13.8 Å². The van der Waals surface area contributed by atoms with E-state index in [0.29, 0.717) is 0 Å². The standard InChI is InChI=1S/C6H10N/c1-4-7(5-2)6-3/h4-5H2,1-2H3. The fourth-order valence-corrected chi connectivity index (χ4v) is 0.382. The first-order chi connectivity index (χ1) is 3.35. The fraction of sp³-hybridized carbons (Fsp3) is 0.667. The van der Waals surface area contributed by atoms with Crippen LogP contribution in [-0.2, 0) is 0 Å². The van der Waals surface area contributed by atoms with Crippen molar-refractivity contribution in [3.63, 3.8) is 0 Å². The predicted molar refractivity (Wildman–Crippen MR) is 30.1 cm³/mol. The lowest BCUT2D eigenvalue weighted by molar-refractivity contribution is 0.443. The molecule has 0 aliphatic heterocycles. The summed E-state index contributed by atoms with van der Waals surface area (Å²) in [5, 5.41) is 0. The Bertz CT molecular complexity index is 66.7. The summed E-state index contributed by atoms with van der Waals surface area (Å²) in [5.74, 6) is 0. The molecule has 0 amide bonds. The van der Waals surface area contributed by atoms with Crippen LogP contribution in [-0.4, -0.2) is 18.0 Å². The van der Waals surface area contributed by atoms with Gasteiger partial charge < -0.3 is 4.90 Å². The van der Waals surface area contributed by atoms with Crippen LogP contribution in [0.2, 0.25) is 0 Å². The highest BCUT2D eigenvalue weighted by molar-refractivity contribution is 4.74. The first-order valence-corrected chi connectivity index (χ1v) is 2.52. The molecule has 0 spiro atoms. The molecule has 0 fully saturated rings. The molecule has 1 heteroatoms. The van der Waals surface area contributed by atoms with Crippen LogP contribution in [0.4, 0.5) is 0 Å². The minimum absolute atomic E-state index is 0.889. The van der Waals surface area contributed by atoms with E-state index in [4.69, 9.17) is 6.42 Å². The molecule has 0 saturated carbocycles. The van der Waals surface area contributed by atoms with Gasteiger partial charge in [-0.25, -0.2) is 0 Å². The lowest BCUT2D eigenvalue weighted by Gasteiger charge is -2.08. The first kappa shape index (κ1) is 6.36. The van der Waals surface area contributed by atoms with Crippen LogP contribution in [0, 0.1) is 12.5 Å². The largest absolute Gasteiger partial charge is 0.332 e. The van der Waals surface area contributed by atoms with Crippen molar-refractivity contribution in [2.45, 2.75) is 13.8 Å². The van der Waals surface area contributed by atoms with Crippen molar-refractivity contribution in [1.82, 2.24) is 4.90 Å². The zero-order valence-corrected chi connectivity index (χ0v) is 4.86. The van der Waals surface area contributed by atoms with Gasteiger partial charge in [-0.2, -0.15) is 0 Å². The van der Waals surface area contributed by atoms with Gasteiger partial charge in [0.15, 0.2) is 0 Å². The third-order valence-electron chi connectivity index (χ3n) is 0.922. The van der Waals surface area contributed by atoms with Crippen LogP contribution in [0.15, 0.2) is 0 Å². The lowest BCUT2D eigenvalue weighted by Crippen LogP contribution is -2.15. The van der Waals surface area contributed by atoms with Crippen molar-refractivity contribution in [2.24, 2.45) is 0 Å². The van der Waals surface area contributed by atoms with Crippen LogP contribution in [0.1, 0.15) is 13.8 Å². The zero-order valence-electron chi connectivity index (χ0n) is 4.86. The quantitative estimate of drug-likeness (QED) is 0.364. The maximum absolute atomic E-state index is 6.64. The van der Waals surface area contributed by atoms with Crippen molar-refractivity contribution in [1.29, 1.82) is 0 Å². The molecule has 1 radical (unpaired) electrons. The maximum atomic E-state index is 6.64. The van der Waals surface area contributed by atoms with Gasteiger partial charge in [0.05, 0.1) is 0 Å². The molecule has 0 N–H and O–H groups in total. The van der Waals surface area contributed by atoms with Crippen LogP contribution >= 0.6 is 0 Å². The molecule has 39 valence electrons. The Kier molecular flexibility index (Phi) is 3.22. The molecular formula is C6H10N. The van der Waals surface area contributed by atoms with Gasteiger partial charge in [-0.1, -0.05) is 0 Å². The molecule has 0 aromatic carbocycles. The Hall–Kier alpha value is -0.640. The lowest BCUT2D eigenvalue weighted by atomic mass is 10.6. The molecule has 0 aliphatic carbocycles. The van der Waals surface area contributed by atoms with Crippen molar-refractivity contribution in [2.75, 3.05) is 13.1 Å².